The van der Waals surface area contributed by atoms with Crippen molar-refractivity contribution in [1.82, 2.24) is 5.32 Å². The Morgan fingerprint density at radius 1 is 1.57 bits per heavy atom. The van der Waals surface area contributed by atoms with Gasteiger partial charge in [-0.1, -0.05) is 18.5 Å². The van der Waals surface area contributed by atoms with E-state index in [2.05, 4.69) is 12.2 Å². The quantitative estimate of drug-likeness (QED) is 0.820. The lowest BCUT2D eigenvalue weighted by Crippen LogP contribution is -2.32. The molecule has 1 unspecified atom stereocenters. The monoisotopic (exact) mass is 233 g/mol. The van der Waals surface area contributed by atoms with E-state index >= 15 is 0 Å². The molecule has 0 radical (unpaired) electrons. The Morgan fingerprint density at radius 3 is 2.71 bits per heavy atom. The summed E-state index contributed by atoms with van der Waals surface area (Å²) >= 11 is 7.47. The lowest BCUT2D eigenvalue weighted by atomic mass is 10.1. The first kappa shape index (κ1) is 12.0. The van der Waals surface area contributed by atoms with Crippen LogP contribution in [0.4, 0.5) is 0 Å². The molecule has 0 spiro atoms. The average Bonchev–Trinajstić information content (AvgIpc) is 2.60. The standard InChI is InChI=1S/C10H16ClNOS/c1-3-8(12-7(2)6-13)9-4-5-10(11)14-9/h4-5,7-8,12-13H,3,6H2,1-2H3/t7-,8?/m0/s1. The zero-order valence-corrected chi connectivity index (χ0v) is 10.0. The van der Waals surface area contributed by atoms with Crippen LogP contribution in [0.2, 0.25) is 4.34 Å². The van der Waals surface area contributed by atoms with E-state index in [1.165, 1.54) is 4.88 Å². The number of hydrogen-bond donors (Lipinski definition) is 2. The molecule has 1 aromatic heterocycles. The minimum atomic E-state index is 0.126. The maximum atomic E-state index is 8.95. The van der Waals surface area contributed by atoms with Gasteiger partial charge in [0.2, 0.25) is 0 Å². The molecule has 14 heavy (non-hydrogen) atoms. The van der Waals surface area contributed by atoms with Crippen molar-refractivity contribution in [2.75, 3.05) is 6.61 Å². The van der Waals surface area contributed by atoms with Crippen molar-refractivity contribution in [2.24, 2.45) is 0 Å². The normalized spacial score (nSPS) is 15.4. The Hall–Kier alpha value is -0.0900. The second-order valence-electron chi connectivity index (χ2n) is 3.35. The summed E-state index contributed by atoms with van der Waals surface area (Å²) in [6.07, 6.45) is 1.00. The van der Waals surface area contributed by atoms with Crippen molar-refractivity contribution in [3.8, 4) is 0 Å². The van der Waals surface area contributed by atoms with Crippen molar-refractivity contribution in [3.05, 3.63) is 21.3 Å². The van der Waals surface area contributed by atoms with E-state index in [4.69, 9.17) is 16.7 Å². The largest absolute Gasteiger partial charge is 0.395 e. The summed E-state index contributed by atoms with van der Waals surface area (Å²) in [6.45, 7) is 4.25. The molecule has 0 aliphatic carbocycles. The number of thiophene rings is 1. The van der Waals surface area contributed by atoms with Crippen LogP contribution in [0.5, 0.6) is 0 Å². The van der Waals surface area contributed by atoms with Crippen LogP contribution in [0.25, 0.3) is 0 Å². The van der Waals surface area contributed by atoms with Crippen LogP contribution >= 0.6 is 22.9 Å². The van der Waals surface area contributed by atoms with Crippen molar-refractivity contribution < 1.29 is 5.11 Å². The van der Waals surface area contributed by atoms with Gasteiger partial charge in [-0.25, -0.2) is 0 Å². The number of aliphatic hydroxyl groups is 1. The van der Waals surface area contributed by atoms with Gasteiger partial charge in [0.1, 0.15) is 0 Å². The highest BCUT2D eigenvalue weighted by Gasteiger charge is 2.13. The Morgan fingerprint density at radius 2 is 2.29 bits per heavy atom. The summed E-state index contributed by atoms with van der Waals surface area (Å²) in [6, 6.07) is 4.38. The molecule has 0 saturated carbocycles. The summed E-state index contributed by atoms with van der Waals surface area (Å²) in [7, 11) is 0. The van der Waals surface area contributed by atoms with E-state index in [9.17, 15) is 0 Å². The molecule has 1 aromatic rings. The Kier molecular flexibility index (Phi) is 4.89. The third-order valence-electron chi connectivity index (χ3n) is 2.11. The molecule has 4 heteroatoms. The van der Waals surface area contributed by atoms with Crippen LogP contribution in [-0.2, 0) is 0 Å². The van der Waals surface area contributed by atoms with E-state index in [1.54, 1.807) is 11.3 Å². The van der Waals surface area contributed by atoms with Crippen molar-refractivity contribution in [2.45, 2.75) is 32.4 Å². The summed E-state index contributed by atoms with van der Waals surface area (Å²) in [5, 5.41) is 12.3. The lowest BCUT2D eigenvalue weighted by Gasteiger charge is -2.19. The average molecular weight is 234 g/mol. The smallest absolute Gasteiger partial charge is 0.0931 e. The predicted molar refractivity (Wildman–Crippen MR) is 62.0 cm³/mol. The maximum Gasteiger partial charge on any atom is 0.0931 e. The van der Waals surface area contributed by atoms with Gasteiger partial charge >= 0.3 is 0 Å². The van der Waals surface area contributed by atoms with Gasteiger partial charge in [-0.15, -0.1) is 11.3 Å². The van der Waals surface area contributed by atoms with Crippen molar-refractivity contribution >= 4 is 22.9 Å². The summed E-state index contributed by atoms with van der Waals surface area (Å²) in [4.78, 5) is 1.23. The summed E-state index contributed by atoms with van der Waals surface area (Å²) in [5.41, 5.74) is 0. The molecule has 2 atom stereocenters. The number of nitrogens with one attached hydrogen (secondary N) is 1. The molecule has 0 aliphatic rings. The predicted octanol–water partition coefficient (Wildman–Crippen LogP) is 2.82. The Balaban J connectivity index is 2.62. The highest BCUT2D eigenvalue weighted by molar-refractivity contribution is 7.16. The van der Waals surface area contributed by atoms with Crippen molar-refractivity contribution in [1.29, 1.82) is 0 Å². The molecule has 0 saturated heterocycles. The van der Waals surface area contributed by atoms with E-state index in [-0.39, 0.29) is 12.6 Å². The number of halogens is 1. The molecule has 80 valence electrons. The van der Waals surface area contributed by atoms with Gasteiger partial charge in [-0.3, -0.25) is 0 Å². The van der Waals surface area contributed by atoms with Gasteiger partial charge in [0, 0.05) is 17.0 Å². The fourth-order valence-electron chi connectivity index (χ4n) is 1.31. The molecule has 0 bridgehead atoms. The highest BCUT2D eigenvalue weighted by atomic mass is 35.5. The molecule has 0 aliphatic heterocycles. The van der Waals surface area contributed by atoms with Crippen LogP contribution < -0.4 is 5.32 Å². The summed E-state index contributed by atoms with van der Waals surface area (Å²) < 4.78 is 0.817. The SMILES string of the molecule is CCC(N[C@@H](C)CO)c1ccc(Cl)s1. The van der Waals surface area contributed by atoms with E-state index < -0.39 is 0 Å². The molecule has 1 heterocycles. The molecule has 1 rings (SSSR count). The highest BCUT2D eigenvalue weighted by Crippen LogP contribution is 2.28. The number of aliphatic hydroxyl groups excluding tert-OH is 1. The molecule has 0 amide bonds. The second-order valence-corrected chi connectivity index (χ2v) is 5.10. The maximum absolute atomic E-state index is 8.95. The minimum absolute atomic E-state index is 0.126. The molecule has 2 nitrogen and oxygen atoms in total. The first-order valence-corrected chi connectivity index (χ1v) is 5.99. The topological polar surface area (TPSA) is 32.3 Å². The first-order chi connectivity index (χ1) is 6.67. The first-order valence-electron chi connectivity index (χ1n) is 4.79. The molecule has 0 aromatic carbocycles. The number of rotatable bonds is 5. The van der Waals surface area contributed by atoms with Gasteiger partial charge in [-0.05, 0) is 25.5 Å². The van der Waals surface area contributed by atoms with E-state index in [0.29, 0.717) is 6.04 Å². The van der Waals surface area contributed by atoms with E-state index in [0.717, 1.165) is 10.8 Å². The molecule has 2 N–H and O–H groups in total. The summed E-state index contributed by atoms with van der Waals surface area (Å²) in [5.74, 6) is 0. The zero-order valence-electron chi connectivity index (χ0n) is 8.46. The molecule has 0 fully saturated rings. The van der Waals surface area contributed by atoms with Crippen LogP contribution in [-0.4, -0.2) is 17.8 Å². The van der Waals surface area contributed by atoms with Gasteiger partial charge in [0.15, 0.2) is 0 Å². The molecular formula is C10H16ClNOS. The fourth-order valence-corrected chi connectivity index (χ4v) is 2.52. The number of hydrogen-bond acceptors (Lipinski definition) is 3. The van der Waals surface area contributed by atoms with Gasteiger partial charge in [0.25, 0.3) is 0 Å². The third kappa shape index (κ3) is 3.24. The zero-order chi connectivity index (χ0) is 10.6. The van der Waals surface area contributed by atoms with E-state index in [1.807, 2.05) is 19.1 Å². The lowest BCUT2D eigenvalue weighted by molar-refractivity contribution is 0.240. The minimum Gasteiger partial charge on any atom is -0.395 e. The van der Waals surface area contributed by atoms with Gasteiger partial charge in [0.05, 0.1) is 10.9 Å². The van der Waals surface area contributed by atoms with Crippen LogP contribution in [0.1, 0.15) is 31.2 Å². The fraction of sp³-hybridized carbons (Fsp3) is 0.600. The second kappa shape index (κ2) is 5.71. The van der Waals surface area contributed by atoms with Crippen molar-refractivity contribution in [3.63, 3.8) is 0 Å². The molecular weight excluding hydrogens is 218 g/mol. The Bertz CT molecular complexity index is 277. The van der Waals surface area contributed by atoms with Crippen LogP contribution in [0.15, 0.2) is 12.1 Å². The van der Waals surface area contributed by atoms with Crippen LogP contribution in [0.3, 0.4) is 0 Å². The third-order valence-corrected chi connectivity index (χ3v) is 3.45. The van der Waals surface area contributed by atoms with Gasteiger partial charge in [-0.2, -0.15) is 0 Å². The van der Waals surface area contributed by atoms with Crippen LogP contribution in [0, 0.1) is 0 Å². The van der Waals surface area contributed by atoms with Gasteiger partial charge < -0.3 is 10.4 Å². The Labute approximate surface area is 93.9 Å².